The van der Waals surface area contributed by atoms with Crippen LogP contribution in [0.3, 0.4) is 0 Å². The summed E-state index contributed by atoms with van der Waals surface area (Å²) in [5.74, 6) is 1.18. The van der Waals surface area contributed by atoms with Crippen molar-refractivity contribution in [1.82, 2.24) is 5.32 Å². The Balaban J connectivity index is 2.14. The molecule has 0 unspecified atom stereocenters. The van der Waals surface area contributed by atoms with Crippen LogP contribution >= 0.6 is 0 Å². The lowest BCUT2D eigenvalue weighted by atomic mass is 9.83. The average molecular weight is 225 g/mol. The first kappa shape index (κ1) is 13.5. The van der Waals surface area contributed by atoms with E-state index < -0.39 is 0 Å². The van der Waals surface area contributed by atoms with Crippen molar-refractivity contribution in [3.8, 4) is 0 Å². The van der Waals surface area contributed by atoms with Crippen LogP contribution in [0, 0.1) is 5.92 Å². The molecule has 1 saturated carbocycles. The van der Waals surface area contributed by atoms with E-state index >= 15 is 0 Å². The maximum atomic E-state index is 11.5. The predicted octanol–water partition coefficient (Wildman–Crippen LogP) is 3.65. The third-order valence-corrected chi connectivity index (χ3v) is 3.65. The van der Waals surface area contributed by atoms with E-state index in [9.17, 15) is 4.79 Å². The van der Waals surface area contributed by atoms with Crippen LogP contribution in [0.5, 0.6) is 0 Å². The summed E-state index contributed by atoms with van der Waals surface area (Å²) < 4.78 is 0. The second kappa shape index (κ2) is 7.70. The Hall–Kier alpha value is -0.530. The molecule has 0 aromatic heterocycles. The van der Waals surface area contributed by atoms with Crippen molar-refractivity contribution in [2.45, 2.75) is 77.7 Å². The number of carbonyl (C=O) groups is 1. The van der Waals surface area contributed by atoms with Gasteiger partial charge < -0.3 is 5.32 Å². The van der Waals surface area contributed by atoms with Crippen LogP contribution in [-0.2, 0) is 4.79 Å². The Morgan fingerprint density at radius 3 is 2.38 bits per heavy atom. The molecule has 1 N–H and O–H groups in total. The van der Waals surface area contributed by atoms with Crippen molar-refractivity contribution < 1.29 is 4.79 Å². The molecule has 0 spiro atoms. The zero-order valence-corrected chi connectivity index (χ0v) is 10.9. The summed E-state index contributed by atoms with van der Waals surface area (Å²) in [5, 5.41) is 3.16. The lowest BCUT2D eigenvalue weighted by Crippen LogP contribution is -2.37. The molecule has 0 bridgehead atoms. The highest BCUT2D eigenvalue weighted by atomic mass is 16.1. The molecule has 0 saturated heterocycles. The third kappa shape index (κ3) is 5.00. The Morgan fingerprint density at radius 2 is 1.81 bits per heavy atom. The van der Waals surface area contributed by atoms with E-state index in [0.717, 1.165) is 12.3 Å². The SMILES string of the molecule is CCCCC1CCC(NC(=O)CCC)CC1. The van der Waals surface area contributed by atoms with E-state index in [1.165, 1.54) is 44.9 Å². The van der Waals surface area contributed by atoms with Gasteiger partial charge >= 0.3 is 0 Å². The number of carbonyl (C=O) groups excluding carboxylic acids is 1. The zero-order chi connectivity index (χ0) is 11.8. The minimum absolute atomic E-state index is 0.250. The molecule has 0 aromatic carbocycles. The van der Waals surface area contributed by atoms with Crippen molar-refractivity contribution in [2.24, 2.45) is 5.92 Å². The number of hydrogen-bond acceptors (Lipinski definition) is 1. The highest BCUT2D eigenvalue weighted by Crippen LogP contribution is 2.28. The minimum Gasteiger partial charge on any atom is -0.353 e. The number of hydrogen-bond donors (Lipinski definition) is 1. The van der Waals surface area contributed by atoms with E-state index in [4.69, 9.17) is 0 Å². The van der Waals surface area contributed by atoms with E-state index in [1.54, 1.807) is 0 Å². The fourth-order valence-corrected chi connectivity index (χ4v) is 2.62. The summed E-state index contributed by atoms with van der Waals surface area (Å²) in [6.07, 6.45) is 10.8. The molecule has 1 aliphatic rings. The van der Waals surface area contributed by atoms with Gasteiger partial charge in [0, 0.05) is 12.5 Å². The van der Waals surface area contributed by atoms with E-state index in [2.05, 4.69) is 19.2 Å². The molecule has 0 heterocycles. The van der Waals surface area contributed by atoms with Crippen molar-refractivity contribution in [2.75, 3.05) is 0 Å². The molecule has 0 aromatic rings. The van der Waals surface area contributed by atoms with Gasteiger partial charge in [0.15, 0.2) is 0 Å². The molecule has 1 fully saturated rings. The van der Waals surface area contributed by atoms with Gasteiger partial charge in [0.05, 0.1) is 0 Å². The maximum Gasteiger partial charge on any atom is 0.220 e. The second-order valence-electron chi connectivity index (χ2n) is 5.18. The van der Waals surface area contributed by atoms with Gasteiger partial charge in [0.25, 0.3) is 0 Å². The van der Waals surface area contributed by atoms with E-state index in [-0.39, 0.29) is 5.91 Å². The summed E-state index contributed by atoms with van der Waals surface area (Å²) in [7, 11) is 0. The third-order valence-electron chi connectivity index (χ3n) is 3.65. The van der Waals surface area contributed by atoms with Crippen LogP contribution in [0.15, 0.2) is 0 Å². The van der Waals surface area contributed by atoms with Crippen molar-refractivity contribution in [3.63, 3.8) is 0 Å². The maximum absolute atomic E-state index is 11.5. The number of unbranched alkanes of at least 4 members (excludes halogenated alkanes) is 1. The topological polar surface area (TPSA) is 29.1 Å². The van der Waals surface area contributed by atoms with Crippen LogP contribution in [-0.4, -0.2) is 11.9 Å². The summed E-state index contributed by atoms with van der Waals surface area (Å²) in [5.41, 5.74) is 0. The van der Waals surface area contributed by atoms with Crippen LogP contribution in [0.4, 0.5) is 0 Å². The van der Waals surface area contributed by atoms with Crippen molar-refractivity contribution >= 4 is 5.91 Å². The lowest BCUT2D eigenvalue weighted by Gasteiger charge is -2.29. The van der Waals surface area contributed by atoms with Crippen LogP contribution < -0.4 is 5.32 Å². The fourth-order valence-electron chi connectivity index (χ4n) is 2.62. The first-order chi connectivity index (χ1) is 7.76. The highest BCUT2D eigenvalue weighted by molar-refractivity contribution is 5.76. The first-order valence-corrected chi connectivity index (χ1v) is 7.05. The molecule has 0 atom stereocenters. The molecule has 0 radical (unpaired) electrons. The molecule has 0 aliphatic heterocycles. The number of amides is 1. The Bertz CT molecular complexity index is 195. The lowest BCUT2D eigenvalue weighted by molar-refractivity contribution is -0.122. The smallest absolute Gasteiger partial charge is 0.220 e. The van der Waals surface area contributed by atoms with Gasteiger partial charge in [0.1, 0.15) is 0 Å². The molecule has 2 nitrogen and oxygen atoms in total. The summed E-state index contributed by atoms with van der Waals surface area (Å²) in [4.78, 5) is 11.5. The Kier molecular flexibility index (Phi) is 6.51. The van der Waals surface area contributed by atoms with Gasteiger partial charge in [-0.05, 0) is 38.0 Å². The van der Waals surface area contributed by atoms with Gasteiger partial charge in [-0.2, -0.15) is 0 Å². The Morgan fingerprint density at radius 1 is 1.12 bits per heavy atom. The fraction of sp³-hybridized carbons (Fsp3) is 0.929. The summed E-state index contributed by atoms with van der Waals surface area (Å²) in [6, 6.07) is 0.469. The molecule has 2 heteroatoms. The van der Waals surface area contributed by atoms with Crippen LogP contribution in [0.25, 0.3) is 0 Å². The monoisotopic (exact) mass is 225 g/mol. The molecule has 1 aliphatic carbocycles. The molecular formula is C14H27NO. The van der Waals surface area contributed by atoms with Crippen LogP contribution in [0.2, 0.25) is 0 Å². The molecule has 94 valence electrons. The van der Waals surface area contributed by atoms with E-state index in [1.807, 2.05) is 0 Å². The Labute approximate surface area is 100 Å². The largest absolute Gasteiger partial charge is 0.353 e. The second-order valence-corrected chi connectivity index (χ2v) is 5.18. The van der Waals surface area contributed by atoms with Gasteiger partial charge in [-0.25, -0.2) is 0 Å². The predicted molar refractivity (Wildman–Crippen MR) is 68.3 cm³/mol. The quantitative estimate of drug-likeness (QED) is 0.734. The number of rotatable bonds is 6. The molecule has 1 rings (SSSR count). The normalized spacial score (nSPS) is 25.4. The average Bonchev–Trinajstić information content (AvgIpc) is 2.28. The van der Waals surface area contributed by atoms with Crippen molar-refractivity contribution in [3.05, 3.63) is 0 Å². The minimum atomic E-state index is 0.250. The highest BCUT2D eigenvalue weighted by Gasteiger charge is 2.21. The first-order valence-electron chi connectivity index (χ1n) is 7.05. The van der Waals surface area contributed by atoms with Gasteiger partial charge in [-0.15, -0.1) is 0 Å². The van der Waals surface area contributed by atoms with Gasteiger partial charge in [0.2, 0.25) is 5.91 Å². The summed E-state index contributed by atoms with van der Waals surface area (Å²) >= 11 is 0. The zero-order valence-electron chi connectivity index (χ0n) is 10.9. The molecule has 16 heavy (non-hydrogen) atoms. The summed E-state index contributed by atoms with van der Waals surface area (Å²) in [6.45, 7) is 4.32. The van der Waals surface area contributed by atoms with Crippen molar-refractivity contribution in [1.29, 1.82) is 0 Å². The van der Waals surface area contributed by atoms with E-state index in [0.29, 0.717) is 12.5 Å². The standard InChI is InChI=1S/C14H27NO/c1-3-5-7-12-8-10-13(11-9-12)15-14(16)6-4-2/h12-13H,3-11H2,1-2H3,(H,15,16). The molecular weight excluding hydrogens is 198 g/mol. The van der Waals surface area contributed by atoms with Crippen LogP contribution in [0.1, 0.15) is 71.6 Å². The molecule has 1 amide bonds. The van der Waals surface area contributed by atoms with Gasteiger partial charge in [-0.1, -0.05) is 33.1 Å². The van der Waals surface area contributed by atoms with Gasteiger partial charge in [-0.3, -0.25) is 4.79 Å². The number of nitrogens with one attached hydrogen (secondary N) is 1.